The van der Waals surface area contributed by atoms with E-state index in [4.69, 9.17) is 5.73 Å². The maximum Gasteiger partial charge on any atom is 0.230 e. The van der Waals surface area contributed by atoms with Gasteiger partial charge in [0.2, 0.25) is 5.91 Å². The average Bonchev–Trinajstić information content (AvgIpc) is 2.60. The van der Waals surface area contributed by atoms with E-state index in [9.17, 15) is 9.18 Å². The lowest BCUT2D eigenvalue weighted by Crippen LogP contribution is -2.39. The molecule has 0 radical (unpaired) electrons. The van der Waals surface area contributed by atoms with Crippen molar-refractivity contribution < 1.29 is 9.18 Å². The number of hydrogen-bond donors (Lipinski definition) is 1. The average molecular weight is 344 g/mol. The van der Waals surface area contributed by atoms with Crippen LogP contribution in [0.1, 0.15) is 18.9 Å². The molecule has 0 saturated heterocycles. The molecule has 126 valence electrons. The molecular formula is C19H21FN2OS. The van der Waals surface area contributed by atoms with Gasteiger partial charge in [0.1, 0.15) is 5.82 Å². The molecule has 0 saturated carbocycles. The van der Waals surface area contributed by atoms with Crippen LogP contribution in [0.3, 0.4) is 0 Å². The van der Waals surface area contributed by atoms with Crippen molar-refractivity contribution in [1.29, 1.82) is 0 Å². The van der Waals surface area contributed by atoms with Crippen molar-refractivity contribution in [2.75, 3.05) is 22.9 Å². The van der Waals surface area contributed by atoms with Gasteiger partial charge in [-0.1, -0.05) is 13.0 Å². The molecule has 0 aromatic heterocycles. The quantitative estimate of drug-likeness (QED) is 0.670. The van der Waals surface area contributed by atoms with Crippen molar-refractivity contribution in [3.63, 3.8) is 0 Å². The summed E-state index contributed by atoms with van der Waals surface area (Å²) in [5, 5.41) is 0. The zero-order valence-electron chi connectivity index (χ0n) is 13.7. The highest BCUT2D eigenvalue weighted by Gasteiger charge is 2.27. The lowest BCUT2D eigenvalue weighted by Gasteiger charge is -2.32. The van der Waals surface area contributed by atoms with Crippen LogP contribution in [0.5, 0.6) is 0 Å². The highest BCUT2D eigenvalue weighted by atomic mass is 32.2. The highest BCUT2D eigenvalue weighted by molar-refractivity contribution is 7.99. The van der Waals surface area contributed by atoms with Crippen molar-refractivity contribution in [2.24, 2.45) is 5.92 Å². The Bertz CT molecular complexity index is 733. The van der Waals surface area contributed by atoms with Crippen LogP contribution in [0, 0.1) is 11.7 Å². The first-order valence-corrected chi connectivity index (χ1v) is 9.12. The number of carbonyl (C=O) groups is 1. The number of halogens is 1. The van der Waals surface area contributed by atoms with Gasteiger partial charge in [-0.3, -0.25) is 4.79 Å². The van der Waals surface area contributed by atoms with Crippen molar-refractivity contribution in [3.8, 4) is 0 Å². The molecule has 3 nitrogen and oxygen atoms in total. The van der Waals surface area contributed by atoms with Crippen LogP contribution in [-0.2, 0) is 11.2 Å². The lowest BCUT2D eigenvalue weighted by molar-refractivity contribution is -0.121. The lowest BCUT2D eigenvalue weighted by atomic mass is 9.98. The molecule has 2 N–H and O–H groups in total. The van der Waals surface area contributed by atoms with Gasteiger partial charge in [0.05, 0.1) is 0 Å². The summed E-state index contributed by atoms with van der Waals surface area (Å²) in [5.74, 6) is 0.424. The second-order valence-corrected chi connectivity index (χ2v) is 7.20. The van der Waals surface area contributed by atoms with Crippen LogP contribution >= 0.6 is 11.8 Å². The Kier molecular flexibility index (Phi) is 5.09. The van der Waals surface area contributed by atoms with Crippen molar-refractivity contribution >= 4 is 29.0 Å². The third kappa shape index (κ3) is 3.56. The molecule has 0 bridgehead atoms. The molecule has 24 heavy (non-hydrogen) atoms. The number of benzene rings is 2. The van der Waals surface area contributed by atoms with Crippen LogP contribution in [0.4, 0.5) is 15.8 Å². The topological polar surface area (TPSA) is 46.3 Å². The molecule has 3 rings (SSSR count). The number of nitrogens with zero attached hydrogens (tertiary/aromatic N) is 1. The summed E-state index contributed by atoms with van der Waals surface area (Å²) >= 11 is 1.58. The summed E-state index contributed by atoms with van der Waals surface area (Å²) < 4.78 is 12.9. The van der Waals surface area contributed by atoms with Crippen LogP contribution in [0.25, 0.3) is 0 Å². The van der Waals surface area contributed by atoms with E-state index in [1.165, 1.54) is 12.1 Å². The van der Waals surface area contributed by atoms with Gasteiger partial charge in [-0.25, -0.2) is 4.39 Å². The predicted octanol–water partition coefficient (Wildman–Crippen LogP) is 4.12. The molecule has 0 aliphatic carbocycles. The molecular weight excluding hydrogens is 323 g/mol. The van der Waals surface area contributed by atoms with Crippen LogP contribution in [0.2, 0.25) is 0 Å². The summed E-state index contributed by atoms with van der Waals surface area (Å²) in [6, 6.07) is 12.1. The Labute approximate surface area is 146 Å². The molecule has 2 aromatic carbocycles. The number of rotatable bonds is 4. The molecule has 2 aromatic rings. The maximum atomic E-state index is 12.9. The molecule has 1 aliphatic rings. The fraction of sp³-hybridized carbons (Fsp3) is 0.316. The summed E-state index contributed by atoms with van der Waals surface area (Å²) in [6.45, 7) is 2.68. The second-order valence-electron chi connectivity index (χ2n) is 6.10. The molecule has 1 unspecified atom stereocenters. The number of thioether (sulfide) groups is 1. The number of hydrogen-bond acceptors (Lipinski definition) is 3. The number of carbonyl (C=O) groups excluding carboxylic acids is 1. The number of fused-ring (bicyclic) bond motifs is 1. The smallest absolute Gasteiger partial charge is 0.230 e. The fourth-order valence-corrected chi connectivity index (χ4v) is 3.88. The minimum absolute atomic E-state index is 0.118. The number of anilines is 2. The Morgan fingerprint density at radius 1 is 1.29 bits per heavy atom. The monoisotopic (exact) mass is 344 g/mol. The summed E-state index contributed by atoms with van der Waals surface area (Å²) in [7, 11) is 0. The van der Waals surface area contributed by atoms with Crippen LogP contribution in [0.15, 0.2) is 47.4 Å². The first kappa shape index (κ1) is 16.8. The van der Waals surface area contributed by atoms with Crippen molar-refractivity contribution in [1.82, 2.24) is 0 Å². The first-order valence-electron chi connectivity index (χ1n) is 8.13. The minimum Gasteiger partial charge on any atom is -0.398 e. The van der Waals surface area contributed by atoms with Crippen molar-refractivity contribution in [3.05, 3.63) is 53.8 Å². The second kappa shape index (κ2) is 7.26. The van der Waals surface area contributed by atoms with E-state index in [1.807, 2.05) is 30.0 Å². The van der Waals surface area contributed by atoms with E-state index in [1.54, 1.807) is 23.9 Å². The van der Waals surface area contributed by atoms with Crippen LogP contribution in [-0.4, -0.2) is 18.2 Å². The Morgan fingerprint density at radius 3 is 2.79 bits per heavy atom. The van der Waals surface area contributed by atoms with Crippen molar-refractivity contribution in [2.45, 2.75) is 24.7 Å². The van der Waals surface area contributed by atoms with E-state index in [0.29, 0.717) is 5.75 Å². The van der Waals surface area contributed by atoms with Gasteiger partial charge in [0, 0.05) is 34.5 Å². The Morgan fingerprint density at radius 2 is 2.04 bits per heavy atom. The van der Waals surface area contributed by atoms with Gasteiger partial charge in [-0.05, 0) is 54.8 Å². The molecule has 1 amide bonds. The molecule has 1 atom stereocenters. The molecule has 1 aliphatic heterocycles. The van der Waals surface area contributed by atoms with Gasteiger partial charge >= 0.3 is 0 Å². The van der Waals surface area contributed by atoms with E-state index in [0.717, 1.165) is 41.2 Å². The SMILES string of the molecule is CC(CSc1ccc(F)cc1)C(=O)N1CCCc2c(N)cccc21. The zero-order chi connectivity index (χ0) is 17.1. The Balaban J connectivity index is 1.68. The van der Waals surface area contributed by atoms with Gasteiger partial charge in [0.15, 0.2) is 0 Å². The highest BCUT2D eigenvalue weighted by Crippen LogP contribution is 2.32. The van der Waals surface area contributed by atoms with Crippen LogP contribution < -0.4 is 10.6 Å². The van der Waals surface area contributed by atoms with E-state index >= 15 is 0 Å². The largest absolute Gasteiger partial charge is 0.398 e. The molecule has 1 heterocycles. The molecule has 5 heteroatoms. The van der Waals surface area contributed by atoms with Gasteiger partial charge < -0.3 is 10.6 Å². The normalized spacial score (nSPS) is 15.0. The predicted molar refractivity (Wildman–Crippen MR) is 97.8 cm³/mol. The number of nitrogens with two attached hydrogens (primary N) is 1. The number of amides is 1. The minimum atomic E-state index is -0.244. The fourth-order valence-electron chi connectivity index (χ4n) is 2.97. The zero-order valence-corrected chi connectivity index (χ0v) is 14.5. The molecule has 0 spiro atoms. The van der Waals surface area contributed by atoms with Gasteiger partial charge in [0.25, 0.3) is 0 Å². The third-order valence-corrected chi connectivity index (χ3v) is 5.56. The Hall–Kier alpha value is -2.01. The van der Waals surface area contributed by atoms with E-state index in [-0.39, 0.29) is 17.6 Å². The summed E-state index contributed by atoms with van der Waals surface area (Å²) in [4.78, 5) is 15.7. The number of nitrogen functional groups attached to an aromatic ring is 1. The molecule has 0 fully saturated rings. The third-order valence-electron chi connectivity index (χ3n) is 4.29. The maximum absolute atomic E-state index is 12.9. The summed E-state index contributed by atoms with van der Waals surface area (Å²) in [5.41, 5.74) is 8.84. The summed E-state index contributed by atoms with van der Waals surface area (Å²) in [6.07, 6.45) is 1.86. The van der Waals surface area contributed by atoms with E-state index in [2.05, 4.69) is 0 Å². The van der Waals surface area contributed by atoms with E-state index < -0.39 is 0 Å². The first-order chi connectivity index (χ1) is 11.6. The van der Waals surface area contributed by atoms with Gasteiger partial charge in [-0.15, -0.1) is 11.8 Å². The van der Waals surface area contributed by atoms with Gasteiger partial charge in [-0.2, -0.15) is 0 Å². The standard InChI is InChI=1S/C19H21FN2OS/c1-13(12-24-15-9-7-14(20)8-10-15)19(23)22-11-3-4-16-17(21)5-2-6-18(16)22/h2,5-10,13H,3-4,11-12,21H2,1H3.